The summed E-state index contributed by atoms with van der Waals surface area (Å²) in [6, 6.07) is 3.55. The average Bonchev–Trinajstić information content (AvgIpc) is 2.76. The van der Waals surface area contributed by atoms with Gasteiger partial charge in [-0.2, -0.15) is 5.10 Å². The van der Waals surface area contributed by atoms with E-state index in [-0.39, 0.29) is 0 Å². The molecule has 0 fully saturated rings. The minimum atomic E-state index is -0.774. The first-order valence-electron chi connectivity index (χ1n) is 5.46. The van der Waals surface area contributed by atoms with Crippen LogP contribution >= 0.6 is 0 Å². The number of rotatable bonds is 4. The quantitative estimate of drug-likeness (QED) is 0.864. The van der Waals surface area contributed by atoms with E-state index < -0.39 is 6.10 Å². The van der Waals surface area contributed by atoms with E-state index in [2.05, 4.69) is 10.1 Å². The molecule has 5 heteroatoms. The molecule has 0 amide bonds. The first-order chi connectivity index (χ1) is 8.20. The second kappa shape index (κ2) is 4.97. The predicted octanol–water partition coefficient (Wildman–Crippen LogP) is 1.30. The van der Waals surface area contributed by atoms with Crippen molar-refractivity contribution in [2.75, 3.05) is 6.61 Å². The summed E-state index contributed by atoms with van der Waals surface area (Å²) in [5.41, 5.74) is 1.28. The zero-order valence-electron chi connectivity index (χ0n) is 9.87. The van der Waals surface area contributed by atoms with Gasteiger partial charge in [-0.05, 0) is 19.1 Å². The summed E-state index contributed by atoms with van der Waals surface area (Å²) in [6.45, 7) is 2.48. The van der Waals surface area contributed by atoms with Gasteiger partial charge in [0.05, 0.1) is 18.5 Å². The van der Waals surface area contributed by atoms with Gasteiger partial charge in [-0.15, -0.1) is 0 Å². The molecule has 0 saturated carbocycles. The molecule has 1 N–H and O–H groups in total. The van der Waals surface area contributed by atoms with Gasteiger partial charge < -0.3 is 9.84 Å². The molecule has 0 saturated heterocycles. The largest absolute Gasteiger partial charge is 0.492 e. The molecular formula is C12H15N3O2. The molecule has 0 aliphatic rings. The molecule has 2 rings (SSSR count). The van der Waals surface area contributed by atoms with Gasteiger partial charge in [-0.3, -0.25) is 9.67 Å². The Hall–Kier alpha value is -1.88. The van der Waals surface area contributed by atoms with Crippen molar-refractivity contribution in [3.8, 4) is 5.75 Å². The van der Waals surface area contributed by atoms with Crippen molar-refractivity contribution in [2.24, 2.45) is 7.05 Å². The van der Waals surface area contributed by atoms with Crippen molar-refractivity contribution < 1.29 is 9.84 Å². The van der Waals surface area contributed by atoms with Crippen molar-refractivity contribution in [3.63, 3.8) is 0 Å². The number of hydrogen-bond acceptors (Lipinski definition) is 4. The minimum Gasteiger partial charge on any atom is -0.492 e. The summed E-state index contributed by atoms with van der Waals surface area (Å²) < 4.78 is 6.99. The second-order valence-corrected chi connectivity index (χ2v) is 3.70. The van der Waals surface area contributed by atoms with Crippen molar-refractivity contribution in [1.82, 2.24) is 14.8 Å². The van der Waals surface area contributed by atoms with Gasteiger partial charge in [-0.25, -0.2) is 0 Å². The highest BCUT2D eigenvalue weighted by molar-refractivity contribution is 5.29. The topological polar surface area (TPSA) is 60.2 Å². The summed E-state index contributed by atoms with van der Waals surface area (Å²) in [5.74, 6) is 0.653. The lowest BCUT2D eigenvalue weighted by Crippen LogP contribution is -2.03. The van der Waals surface area contributed by atoms with Crippen molar-refractivity contribution in [3.05, 3.63) is 42.0 Å². The lowest BCUT2D eigenvalue weighted by Gasteiger charge is -2.09. The van der Waals surface area contributed by atoms with E-state index in [0.29, 0.717) is 23.6 Å². The third-order valence-electron chi connectivity index (χ3n) is 2.38. The maximum atomic E-state index is 10.1. The van der Waals surface area contributed by atoms with Crippen LogP contribution in [0.3, 0.4) is 0 Å². The van der Waals surface area contributed by atoms with Crippen LogP contribution in [0.4, 0.5) is 0 Å². The molecule has 5 nitrogen and oxygen atoms in total. The monoisotopic (exact) mass is 233 g/mol. The lowest BCUT2D eigenvalue weighted by molar-refractivity contribution is 0.213. The zero-order valence-corrected chi connectivity index (χ0v) is 9.87. The molecule has 2 heterocycles. The number of ether oxygens (including phenoxy) is 1. The molecule has 0 aliphatic carbocycles. The van der Waals surface area contributed by atoms with Crippen LogP contribution in [0.15, 0.2) is 30.7 Å². The van der Waals surface area contributed by atoms with Crippen molar-refractivity contribution in [1.29, 1.82) is 0 Å². The number of aliphatic hydroxyl groups excluding tert-OH is 1. The van der Waals surface area contributed by atoms with Gasteiger partial charge >= 0.3 is 0 Å². The predicted molar refractivity (Wildman–Crippen MR) is 62.7 cm³/mol. The van der Waals surface area contributed by atoms with E-state index >= 15 is 0 Å². The fourth-order valence-electron chi connectivity index (χ4n) is 1.58. The summed E-state index contributed by atoms with van der Waals surface area (Å²) in [7, 11) is 1.81. The van der Waals surface area contributed by atoms with Crippen LogP contribution in [0.5, 0.6) is 5.75 Å². The van der Waals surface area contributed by atoms with Gasteiger partial charge in [-0.1, -0.05) is 0 Å². The number of hydrogen-bond donors (Lipinski definition) is 1. The zero-order chi connectivity index (χ0) is 12.3. The standard InChI is InChI=1S/C12H15N3O2/c1-3-17-10-6-9(7-13-8-10)12(16)11-4-5-15(2)14-11/h4-8,12,16H,3H2,1-2H3. The Morgan fingerprint density at radius 1 is 1.47 bits per heavy atom. The fraction of sp³-hybridized carbons (Fsp3) is 0.333. The van der Waals surface area contributed by atoms with Crippen molar-refractivity contribution in [2.45, 2.75) is 13.0 Å². The Kier molecular flexibility index (Phi) is 3.39. The first-order valence-corrected chi connectivity index (χ1v) is 5.46. The molecule has 90 valence electrons. The molecule has 17 heavy (non-hydrogen) atoms. The SMILES string of the molecule is CCOc1cncc(C(O)c2ccn(C)n2)c1. The fourth-order valence-corrected chi connectivity index (χ4v) is 1.58. The van der Waals surface area contributed by atoms with E-state index in [1.54, 1.807) is 35.4 Å². The van der Waals surface area contributed by atoms with Crippen LogP contribution in [0.25, 0.3) is 0 Å². The number of nitrogens with zero attached hydrogens (tertiary/aromatic N) is 3. The van der Waals surface area contributed by atoms with E-state index in [0.717, 1.165) is 0 Å². The third-order valence-corrected chi connectivity index (χ3v) is 2.38. The first kappa shape index (κ1) is 11.6. The number of pyridine rings is 1. The summed E-state index contributed by atoms with van der Waals surface area (Å²) in [5, 5.41) is 14.3. The highest BCUT2D eigenvalue weighted by Crippen LogP contribution is 2.22. The van der Waals surface area contributed by atoms with Gasteiger partial charge in [0.2, 0.25) is 0 Å². The maximum Gasteiger partial charge on any atom is 0.137 e. The second-order valence-electron chi connectivity index (χ2n) is 3.70. The summed E-state index contributed by atoms with van der Waals surface area (Å²) in [4.78, 5) is 4.04. The van der Waals surface area contributed by atoms with Gasteiger partial charge in [0.15, 0.2) is 0 Å². The van der Waals surface area contributed by atoms with E-state index in [9.17, 15) is 5.11 Å². The van der Waals surface area contributed by atoms with Crippen LogP contribution in [0, 0.1) is 0 Å². The number of aliphatic hydroxyl groups is 1. The molecular weight excluding hydrogens is 218 g/mol. The minimum absolute atomic E-state index is 0.574. The Balaban J connectivity index is 2.24. The summed E-state index contributed by atoms with van der Waals surface area (Å²) >= 11 is 0. The molecule has 0 bridgehead atoms. The van der Waals surface area contributed by atoms with E-state index in [4.69, 9.17) is 4.74 Å². The molecule has 2 aromatic heterocycles. The lowest BCUT2D eigenvalue weighted by atomic mass is 10.1. The normalized spacial score (nSPS) is 12.4. The van der Waals surface area contributed by atoms with E-state index in [1.807, 2.05) is 14.0 Å². The Morgan fingerprint density at radius 3 is 2.94 bits per heavy atom. The number of aryl methyl sites for hydroxylation is 1. The third kappa shape index (κ3) is 2.62. The molecule has 0 spiro atoms. The van der Waals surface area contributed by atoms with Crippen LogP contribution in [-0.4, -0.2) is 26.5 Å². The molecule has 1 unspecified atom stereocenters. The molecule has 0 aromatic carbocycles. The Labute approximate surface area is 99.7 Å². The Bertz CT molecular complexity index is 496. The average molecular weight is 233 g/mol. The van der Waals surface area contributed by atoms with Crippen molar-refractivity contribution >= 4 is 0 Å². The van der Waals surface area contributed by atoms with Crippen LogP contribution in [0.2, 0.25) is 0 Å². The van der Waals surface area contributed by atoms with Crippen LogP contribution in [-0.2, 0) is 7.05 Å². The molecule has 1 atom stereocenters. The molecule has 0 aliphatic heterocycles. The van der Waals surface area contributed by atoms with Crippen LogP contribution < -0.4 is 4.74 Å². The highest BCUT2D eigenvalue weighted by Gasteiger charge is 2.14. The smallest absolute Gasteiger partial charge is 0.137 e. The van der Waals surface area contributed by atoms with E-state index in [1.165, 1.54) is 0 Å². The maximum absolute atomic E-state index is 10.1. The van der Waals surface area contributed by atoms with Gasteiger partial charge in [0.1, 0.15) is 11.9 Å². The van der Waals surface area contributed by atoms with Gasteiger partial charge in [0, 0.05) is 25.0 Å². The number of aromatic nitrogens is 3. The van der Waals surface area contributed by atoms with Crippen LogP contribution in [0.1, 0.15) is 24.3 Å². The summed E-state index contributed by atoms with van der Waals surface area (Å²) in [6.07, 6.45) is 4.25. The van der Waals surface area contributed by atoms with Gasteiger partial charge in [0.25, 0.3) is 0 Å². The molecule has 2 aromatic rings. The Morgan fingerprint density at radius 2 is 2.29 bits per heavy atom. The highest BCUT2D eigenvalue weighted by atomic mass is 16.5. The molecule has 0 radical (unpaired) electrons.